The Hall–Kier alpha value is -2.53. The van der Waals surface area contributed by atoms with Gasteiger partial charge in [0.1, 0.15) is 0 Å². The second kappa shape index (κ2) is 7.31. The molecule has 0 aliphatic heterocycles. The zero-order chi connectivity index (χ0) is 20.9. The van der Waals surface area contributed by atoms with Gasteiger partial charge in [0.2, 0.25) is 0 Å². The van der Waals surface area contributed by atoms with Crippen LogP contribution in [-0.2, 0) is 15.5 Å². The van der Waals surface area contributed by atoms with E-state index in [4.69, 9.17) is 9.79 Å². The molecule has 3 N–H and O–H groups in total. The molecule has 6 heteroatoms. The molecule has 30 heavy (non-hydrogen) atoms. The monoisotopic (exact) mass is 420 g/mol. The van der Waals surface area contributed by atoms with E-state index in [0.29, 0.717) is 6.42 Å². The van der Waals surface area contributed by atoms with E-state index < -0.39 is 13.7 Å². The zero-order valence-corrected chi connectivity index (χ0v) is 17.0. The van der Waals surface area contributed by atoms with Gasteiger partial charge in [-0.2, -0.15) is 0 Å². The van der Waals surface area contributed by atoms with Gasteiger partial charge in [0, 0.05) is 12.5 Å². The fraction of sp³-hybridized carbons (Fsp3) is 0.167. The van der Waals surface area contributed by atoms with E-state index in [9.17, 15) is 9.67 Å². The van der Waals surface area contributed by atoms with Crippen LogP contribution in [0.5, 0.6) is 0 Å². The Morgan fingerprint density at radius 2 is 1.33 bits per heavy atom. The predicted molar refractivity (Wildman–Crippen MR) is 120 cm³/mol. The molecule has 0 saturated heterocycles. The quantitative estimate of drug-likeness (QED) is 0.205. The number of rotatable bonds is 6. The molecule has 0 bridgehead atoms. The molecule has 5 nitrogen and oxygen atoms in total. The maximum Gasteiger partial charge on any atom is 0.469 e. The number of phosphoric acid groups is 1. The molecular weight excluding hydrogens is 399 g/mol. The highest BCUT2D eigenvalue weighted by atomic mass is 31.2. The van der Waals surface area contributed by atoms with Crippen LogP contribution in [0.15, 0.2) is 66.7 Å². The lowest BCUT2D eigenvalue weighted by Gasteiger charge is -2.19. The van der Waals surface area contributed by atoms with Crippen LogP contribution < -0.4 is 0 Å². The molecule has 0 radical (unpaired) electrons. The Morgan fingerprint density at radius 1 is 0.767 bits per heavy atom. The molecule has 0 fully saturated rings. The van der Waals surface area contributed by atoms with Crippen molar-refractivity contribution in [3.8, 4) is 0 Å². The van der Waals surface area contributed by atoms with Gasteiger partial charge in [-0.1, -0.05) is 66.7 Å². The molecule has 0 aliphatic rings. The molecule has 5 aromatic carbocycles. The van der Waals surface area contributed by atoms with Crippen molar-refractivity contribution in [2.24, 2.45) is 5.92 Å². The molecule has 0 saturated carbocycles. The van der Waals surface area contributed by atoms with Crippen molar-refractivity contribution < 1.29 is 24.0 Å². The third kappa shape index (κ3) is 3.25. The smallest absolute Gasteiger partial charge is 0.396 e. The first kappa shape index (κ1) is 19.4. The van der Waals surface area contributed by atoms with Crippen molar-refractivity contribution in [3.05, 3.63) is 72.3 Å². The summed E-state index contributed by atoms with van der Waals surface area (Å²) in [6.07, 6.45) is 0.461. The third-order valence-corrected chi connectivity index (χ3v) is 6.35. The molecule has 5 aromatic rings. The highest BCUT2D eigenvalue weighted by molar-refractivity contribution is 7.46. The van der Waals surface area contributed by atoms with E-state index in [1.807, 2.05) is 12.1 Å². The van der Waals surface area contributed by atoms with Crippen molar-refractivity contribution in [2.75, 3.05) is 13.2 Å². The second-order valence-electron chi connectivity index (χ2n) is 7.75. The summed E-state index contributed by atoms with van der Waals surface area (Å²) in [6, 6.07) is 23.2. The van der Waals surface area contributed by atoms with Crippen LogP contribution in [0.25, 0.3) is 43.1 Å². The number of aliphatic hydroxyl groups excluding tert-OH is 1. The average Bonchev–Trinajstić information content (AvgIpc) is 2.74. The Balaban J connectivity index is 1.71. The molecule has 5 rings (SSSR count). The van der Waals surface area contributed by atoms with Crippen LogP contribution in [0.2, 0.25) is 0 Å². The van der Waals surface area contributed by atoms with Gasteiger partial charge >= 0.3 is 7.82 Å². The minimum Gasteiger partial charge on any atom is -0.396 e. The van der Waals surface area contributed by atoms with E-state index in [-0.39, 0.29) is 13.2 Å². The molecule has 152 valence electrons. The van der Waals surface area contributed by atoms with Crippen LogP contribution in [0.3, 0.4) is 0 Å². The normalized spacial score (nSPS) is 13.7. The highest BCUT2D eigenvalue weighted by Gasteiger charge is 2.20. The summed E-state index contributed by atoms with van der Waals surface area (Å²) in [7, 11) is -4.57. The number of benzene rings is 5. The van der Waals surface area contributed by atoms with Gasteiger partial charge < -0.3 is 14.9 Å². The molecule has 1 atom stereocenters. The number of phosphoric ester groups is 1. The van der Waals surface area contributed by atoms with Crippen molar-refractivity contribution in [2.45, 2.75) is 6.42 Å². The Kier molecular flexibility index (Phi) is 4.73. The van der Waals surface area contributed by atoms with E-state index in [1.54, 1.807) is 0 Å². The minimum absolute atomic E-state index is 0.203. The van der Waals surface area contributed by atoms with Crippen LogP contribution in [-0.4, -0.2) is 28.1 Å². The average molecular weight is 420 g/mol. The zero-order valence-electron chi connectivity index (χ0n) is 16.2. The standard InChI is InChI=1S/C24H21O5P/c25-13-15(14-29-30(26,27)28)12-17-10-11-22-20-8-2-5-16-4-1-7-19(23(16)20)21-9-3-6-18(17)24(21)22/h1-11,15,25H,12-14H2,(H2,26,27,28). The predicted octanol–water partition coefficient (Wildman–Crippen LogP) is 5.00. The fourth-order valence-electron chi connectivity index (χ4n) is 4.57. The van der Waals surface area contributed by atoms with Gasteiger partial charge in [0.15, 0.2) is 0 Å². The third-order valence-electron chi connectivity index (χ3n) is 5.86. The van der Waals surface area contributed by atoms with Crippen LogP contribution >= 0.6 is 7.82 Å². The van der Waals surface area contributed by atoms with Gasteiger partial charge in [-0.25, -0.2) is 4.57 Å². The molecular formula is C24H21O5P. The summed E-state index contributed by atoms with van der Waals surface area (Å²) < 4.78 is 15.7. The maximum atomic E-state index is 11.1. The lowest BCUT2D eigenvalue weighted by molar-refractivity contribution is 0.129. The van der Waals surface area contributed by atoms with Gasteiger partial charge in [0.05, 0.1) is 6.61 Å². The van der Waals surface area contributed by atoms with Crippen molar-refractivity contribution in [3.63, 3.8) is 0 Å². The number of fused-ring (bicyclic) bond motifs is 2. The summed E-state index contributed by atoms with van der Waals surface area (Å²) in [6.45, 7) is -0.420. The van der Waals surface area contributed by atoms with Crippen LogP contribution in [0, 0.1) is 5.92 Å². The first-order chi connectivity index (χ1) is 14.5. The summed E-state index contributed by atoms with van der Waals surface area (Å²) in [4.78, 5) is 18.0. The number of hydrogen-bond acceptors (Lipinski definition) is 3. The van der Waals surface area contributed by atoms with Crippen molar-refractivity contribution >= 4 is 50.9 Å². The van der Waals surface area contributed by atoms with Crippen molar-refractivity contribution in [1.82, 2.24) is 0 Å². The lowest BCUT2D eigenvalue weighted by atomic mass is 9.87. The topological polar surface area (TPSA) is 87.0 Å². The molecule has 0 amide bonds. The van der Waals surface area contributed by atoms with Crippen molar-refractivity contribution in [1.29, 1.82) is 0 Å². The minimum atomic E-state index is -4.57. The number of hydrogen-bond donors (Lipinski definition) is 3. The largest absolute Gasteiger partial charge is 0.469 e. The lowest BCUT2D eigenvalue weighted by Crippen LogP contribution is -2.16. The van der Waals surface area contributed by atoms with Gasteiger partial charge in [-0.05, 0) is 55.1 Å². The summed E-state index contributed by atoms with van der Waals surface area (Å²) in [5, 5.41) is 19.2. The molecule has 0 aliphatic carbocycles. The SMILES string of the molecule is O=P(O)(O)OCC(CO)Cc1ccc2c3cccc4cccc(c5cccc1c52)c43. The second-order valence-corrected chi connectivity index (χ2v) is 8.99. The Bertz CT molecular complexity index is 1370. The van der Waals surface area contributed by atoms with Crippen LogP contribution in [0.1, 0.15) is 5.56 Å². The Morgan fingerprint density at radius 3 is 1.97 bits per heavy atom. The van der Waals surface area contributed by atoms with Gasteiger partial charge in [-0.3, -0.25) is 4.52 Å². The first-order valence-electron chi connectivity index (χ1n) is 9.84. The molecule has 1 unspecified atom stereocenters. The maximum absolute atomic E-state index is 11.1. The van der Waals surface area contributed by atoms with E-state index in [2.05, 4.69) is 59.1 Å². The van der Waals surface area contributed by atoms with Gasteiger partial charge in [0.25, 0.3) is 0 Å². The van der Waals surface area contributed by atoms with Gasteiger partial charge in [-0.15, -0.1) is 0 Å². The Labute approximate surface area is 173 Å². The summed E-state index contributed by atoms with van der Waals surface area (Å²) in [5.74, 6) is -0.408. The fourth-order valence-corrected chi connectivity index (χ4v) is 4.98. The highest BCUT2D eigenvalue weighted by Crippen LogP contribution is 2.41. The summed E-state index contributed by atoms with van der Waals surface area (Å²) in [5.41, 5.74) is 1.02. The molecule has 0 heterocycles. The summed E-state index contributed by atoms with van der Waals surface area (Å²) >= 11 is 0. The first-order valence-corrected chi connectivity index (χ1v) is 11.4. The molecule has 0 spiro atoms. The van der Waals surface area contributed by atoms with E-state index in [0.717, 1.165) is 10.9 Å². The molecule has 0 aromatic heterocycles. The van der Waals surface area contributed by atoms with E-state index in [1.165, 1.54) is 37.7 Å². The van der Waals surface area contributed by atoms with E-state index >= 15 is 0 Å². The number of aliphatic hydroxyl groups is 1. The van der Waals surface area contributed by atoms with Crippen LogP contribution in [0.4, 0.5) is 0 Å².